The molecule has 0 aromatic heterocycles. The normalized spacial score (nSPS) is 15.4. The van der Waals surface area contributed by atoms with Crippen LogP contribution in [0.5, 0.6) is 0 Å². The fourth-order valence-corrected chi connectivity index (χ4v) is 2.23. The molecule has 0 bridgehead atoms. The Morgan fingerprint density at radius 2 is 1.89 bits per heavy atom. The number of carbonyl (C=O) groups is 2. The number of nitrogens with one attached hydrogen (secondary N) is 1. The number of carboxylic acid groups (broad SMARTS) is 1. The molecule has 110 valence electrons. The number of aliphatic carboxylic acids is 1. The average molecular weight is 271 g/mol. The molecule has 0 saturated heterocycles. The molecular formula is C13H25N3O3. The Labute approximate surface area is 114 Å². The molecule has 1 fully saturated rings. The first-order valence-electron chi connectivity index (χ1n) is 6.62. The van der Waals surface area contributed by atoms with E-state index < -0.39 is 5.97 Å². The minimum Gasteiger partial charge on any atom is -0.480 e. The van der Waals surface area contributed by atoms with Crippen molar-refractivity contribution in [2.75, 3.05) is 33.7 Å². The number of amides is 2. The second-order valence-electron chi connectivity index (χ2n) is 6.31. The third-order valence-electron chi connectivity index (χ3n) is 3.02. The molecule has 0 unspecified atom stereocenters. The third-order valence-corrected chi connectivity index (χ3v) is 3.02. The lowest BCUT2D eigenvalue weighted by Gasteiger charge is -2.30. The summed E-state index contributed by atoms with van der Waals surface area (Å²) in [6.07, 6.45) is 1.81. The summed E-state index contributed by atoms with van der Waals surface area (Å²) in [5.74, 6) is -0.963. The number of nitrogens with zero attached hydrogens (tertiary/aromatic N) is 2. The van der Waals surface area contributed by atoms with E-state index in [9.17, 15) is 9.59 Å². The molecule has 6 heteroatoms. The summed E-state index contributed by atoms with van der Waals surface area (Å²) in [4.78, 5) is 26.3. The van der Waals surface area contributed by atoms with Gasteiger partial charge in [-0.25, -0.2) is 4.79 Å². The highest BCUT2D eigenvalue weighted by Gasteiger charge is 2.34. The van der Waals surface area contributed by atoms with Gasteiger partial charge >= 0.3 is 12.0 Å². The summed E-state index contributed by atoms with van der Waals surface area (Å²) in [5, 5.41) is 11.7. The number of hydrogen-bond donors (Lipinski definition) is 2. The molecule has 1 rings (SSSR count). The Morgan fingerprint density at radius 3 is 2.32 bits per heavy atom. The largest absolute Gasteiger partial charge is 0.480 e. The fraction of sp³-hybridized carbons (Fsp3) is 0.846. The predicted molar refractivity (Wildman–Crippen MR) is 73.1 cm³/mol. The van der Waals surface area contributed by atoms with E-state index in [0.717, 1.165) is 19.4 Å². The summed E-state index contributed by atoms with van der Waals surface area (Å²) in [6.45, 7) is 5.32. The topological polar surface area (TPSA) is 72.9 Å². The van der Waals surface area contributed by atoms with E-state index in [1.165, 1.54) is 4.90 Å². The average Bonchev–Trinajstić information content (AvgIpc) is 3.04. The van der Waals surface area contributed by atoms with Crippen molar-refractivity contribution < 1.29 is 14.7 Å². The molecule has 0 aromatic carbocycles. The van der Waals surface area contributed by atoms with Gasteiger partial charge in [0.25, 0.3) is 0 Å². The molecule has 0 aliphatic heterocycles. The van der Waals surface area contributed by atoms with Crippen molar-refractivity contribution in [1.82, 2.24) is 15.1 Å². The minimum atomic E-state index is -0.963. The maximum absolute atomic E-state index is 12.0. The molecule has 0 heterocycles. The van der Waals surface area contributed by atoms with Crippen molar-refractivity contribution in [2.45, 2.75) is 32.7 Å². The van der Waals surface area contributed by atoms with Gasteiger partial charge in [0.1, 0.15) is 6.54 Å². The number of carboxylic acids is 1. The molecule has 2 N–H and O–H groups in total. The van der Waals surface area contributed by atoms with E-state index in [1.807, 2.05) is 14.1 Å². The molecule has 0 aromatic rings. The van der Waals surface area contributed by atoms with Crippen molar-refractivity contribution >= 4 is 12.0 Å². The van der Waals surface area contributed by atoms with E-state index in [4.69, 9.17) is 5.11 Å². The Hall–Kier alpha value is -1.30. The number of rotatable bonds is 7. The van der Waals surface area contributed by atoms with Crippen molar-refractivity contribution in [2.24, 2.45) is 5.41 Å². The van der Waals surface area contributed by atoms with Gasteiger partial charge < -0.3 is 20.2 Å². The molecule has 0 radical (unpaired) electrons. The molecule has 1 saturated carbocycles. The molecule has 0 atom stereocenters. The SMILES string of the molecule is CN(C)CC(C)(C)CNC(=O)N(CC(=O)O)C1CC1. The van der Waals surface area contributed by atoms with Crippen LogP contribution in [-0.2, 0) is 4.79 Å². The molecule has 0 spiro atoms. The highest BCUT2D eigenvalue weighted by Crippen LogP contribution is 2.26. The highest BCUT2D eigenvalue weighted by molar-refractivity contribution is 5.80. The number of hydrogen-bond acceptors (Lipinski definition) is 3. The number of urea groups is 1. The first-order chi connectivity index (χ1) is 8.71. The van der Waals surface area contributed by atoms with Crippen molar-refractivity contribution in [3.63, 3.8) is 0 Å². The quantitative estimate of drug-likeness (QED) is 0.719. The summed E-state index contributed by atoms with van der Waals surface area (Å²) >= 11 is 0. The van der Waals surface area contributed by atoms with Crippen LogP contribution in [0.2, 0.25) is 0 Å². The maximum Gasteiger partial charge on any atom is 0.323 e. The van der Waals surface area contributed by atoms with Crippen LogP contribution in [-0.4, -0.2) is 66.7 Å². The minimum absolute atomic E-state index is 0.0440. The predicted octanol–water partition coefficient (Wildman–Crippen LogP) is 0.833. The molecular weight excluding hydrogens is 246 g/mol. The van der Waals surface area contributed by atoms with E-state index in [-0.39, 0.29) is 24.0 Å². The molecule has 2 amide bonds. The van der Waals surface area contributed by atoms with Gasteiger partial charge in [0.2, 0.25) is 0 Å². The van der Waals surface area contributed by atoms with Gasteiger partial charge in [-0.15, -0.1) is 0 Å². The summed E-state index contributed by atoms with van der Waals surface area (Å²) in [7, 11) is 3.98. The van der Waals surface area contributed by atoms with Crippen LogP contribution in [0.3, 0.4) is 0 Å². The summed E-state index contributed by atoms with van der Waals surface area (Å²) in [6, 6.07) is -0.162. The summed E-state index contributed by atoms with van der Waals surface area (Å²) < 4.78 is 0. The van der Waals surface area contributed by atoms with Crippen LogP contribution in [0.1, 0.15) is 26.7 Å². The molecule has 19 heavy (non-hydrogen) atoms. The molecule has 6 nitrogen and oxygen atoms in total. The second kappa shape index (κ2) is 6.23. The second-order valence-corrected chi connectivity index (χ2v) is 6.31. The Balaban J connectivity index is 2.46. The van der Waals surface area contributed by atoms with Crippen LogP contribution in [0.4, 0.5) is 4.79 Å². The standard InChI is InChI=1S/C13H25N3O3/c1-13(2,9-15(3)4)8-14-12(19)16(7-11(17)18)10-5-6-10/h10H,5-9H2,1-4H3,(H,14,19)(H,17,18). The van der Waals surface area contributed by atoms with E-state index in [1.54, 1.807) is 0 Å². The Bertz CT molecular complexity index is 338. The van der Waals surface area contributed by atoms with E-state index >= 15 is 0 Å². The van der Waals surface area contributed by atoms with Gasteiger partial charge in [-0.2, -0.15) is 0 Å². The number of carbonyl (C=O) groups excluding carboxylic acids is 1. The van der Waals surface area contributed by atoms with Crippen LogP contribution in [0.15, 0.2) is 0 Å². The lowest BCUT2D eigenvalue weighted by Crippen LogP contribution is -2.48. The zero-order valence-corrected chi connectivity index (χ0v) is 12.3. The molecule has 1 aliphatic carbocycles. The van der Waals surface area contributed by atoms with E-state index in [2.05, 4.69) is 24.1 Å². The Morgan fingerprint density at radius 1 is 1.32 bits per heavy atom. The maximum atomic E-state index is 12.0. The zero-order chi connectivity index (χ0) is 14.6. The van der Waals surface area contributed by atoms with Crippen LogP contribution in [0, 0.1) is 5.41 Å². The van der Waals surface area contributed by atoms with Gasteiger partial charge in [-0.3, -0.25) is 4.79 Å². The lowest BCUT2D eigenvalue weighted by atomic mass is 9.93. The van der Waals surface area contributed by atoms with Crippen LogP contribution >= 0.6 is 0 Å². The van der Waals surface area contributed by atoms with Crippen molar-refractivity contribution in [3.8, 4) is 0 Å². The Kier molecular flexibility index (Phi) is 5.17. The van der Waals surface area contributed by atoms with Crippen molar-refractivity contribution in [3.05, 3.63) is 0 Å². The first-order valence-corrected chi connectivity index (χ1v) is 6.62. The lowest BCUT2D eigenvalue weighted by molar-refractivity contribution is -0.137. The fourth-order valence-electron chi connectivity index (χ4n) is 2.23. The van der Waals surface area contributed by atoms with Gasteiger partial charge in [-0.05, 0) is 32.4 Å². The molecule has 1 aliphatic rings. The third kappa shape index (κ3) is 5.92. The van der Waals surface area contributed by atoms with Gasteiger partial charge in [-0.1, -0.05) is 13.8 Å². The first kappa shape index (κ1) is 15.8. The zero-order valence-electron chi connectivity index (χ0n) is 12.3. The van der Waals surface area contributed by atoms with Crippen LogP contribution < -0.4 is 5.32 Å². The van der Waals surface area contributed by atoms with Gasteiger partial charge in [0, 0.05) is 19.1 Å². The van der Waals surface area contributed by atoms with Gasteiger partial charge in [0.05, 0.1) is 0 Å². The van der Waals surface area contributed by atoms with E-state index in [0.29, 0.717) is 6.54 Å². The monoisotopic (exact) mass is 271 g/mol. The smallest absolute Gasteiger partial charge is 0.323 e. The van der Waals surface area contributed by atoms with Gasteiger partial charge in [0.15, 0.2) is 0 Å². The summed E-state index contributed by atoms with van der Waals surface area (Å²) in [5.41, 5.74) is -0.0440. The highest BCUT2D eigenvalue weighted by atomic mass is 16.4. The van der Waals surface area contributed by atoms with Crippen LogP contribution in [0.25, 0.3) is 0 Å². The van der Waals surface area contributed by atoms with Crippen molar-refractivity contribution in [1.29, 1.82) is 0 Å².